The molecule has 0 aliphatic carbocycles. The number of carbonyl (C=O) groups is 1. The standard InChI is InChI=1S/C20H22N2O2/c1-2-18-14-16(11-12-19(18)21)8-6-7-13-22-20(23)24-15-17-9-4-3-5-10-17/h3-5,9-12,14H,2,7,13,15,21H2,1H3,(H,22,23). The molecule has 0 heterocycles. The Labute approximate surface area is 143 Å². The molecule has 0 fully saturated rings. The Bertz CT molecular complexity index is 730. The number of amides is 1. The second-order valence-electron chi connectivity index (χ2n) is 5.31. The molecule has 124 valence electrons. The molecule has 0 radical (unpaired) electrons. The van der Waals surface area contributed by atoms with Crippen molar-refractivity contribution in [2.75, 3.05) is 12.3 Å². The Kier molecular flexibility index (Phi) is 6.73. The molecule has 0 spiro atoms. The van der Waals surface area contributed by atoms with E-state index in [4.69, 9.17) is 10.5 Å². The van der Waals surface area contributed by atoms with Gasteiger partial charge in [0.05, 0.1) is 0 Å². The van der Waals surface area contributed by atoms with E-state index in [9.17, 15) is 4.79 Å². The molecule has 3 N–H and O–H groups in total. The zero-order chi connectivity index (χ0) is 17.2. The van der Waals surface area contributed by atoms with Crippen molar-refractivity contribution in [2.45, 2.75) is 26.4 Å². The summed E-state index contributed by atoms with van der Waals surface area (Å²) in [5, 5.41) is 2.69. The van der Waals surface area contributed by atoms with Gasteiger partial charge in [-0.05, 0) is 35.7 Å². The molecule has 4 heteroatoms. The minimum atomic E-state index is -0.429. The molecule has 2 rings (SSSR count). The van der Waals surface area contributed by atoms with Crippen molar-refractivity contribution in [3.63, 3.8) is 0 Å². The van der Waals surface area contributed by atoms with E-state index in [-0.39, 0.29) is 6.61 Å². The number of hydrogen-bond donors (Lipinski definition) is 2. The van der Waals surface area contributed by atoms with Crippen molar-refractivity contribution >= 4 is 11.8 Å². The van der Waals surface area contributed by atoms with Gasteiger partial charge in [-0.2, -0.15) is 0 Å². The van der Waals surface area contributed by atoms with E-state index >= 15 is 0 Å². The van der Waals surface area contributed by atoms with Gasteiger partial charge in [0, 0.05) is 24.2 Å². The number of aryl methyl sites for hydroxylation is 1. The Morgan fingerprint density at radius 1 is 1.21 bits per heavy atom. The normalized spacial score (nSPS) is 9.71. The fraction of sp³-hybridized carbons (Fsp3) is 0.250. The van der Waals surface area contributed by atoms with E-state index in [1.165, 1.54) is 0 Å². The molecular formula is C20H22N2O2. The van der Waals surface area contributed by atoms with Crippen molar-refractivity contribution in [2.24, 2.45) is 0 Å². The summed E-state index contributed by atoms with van der Waals surface area (Å²) in [4.78, 5) is 11.6. The van der Waals surface area contributed by atoms with Gasteiger partial charge in [-0.1, -0.05) is 49.1 Å². The summed E-state index contributed by atoms with van der Waals surface area (Å²) in [6.07, 6.45) is 1.02. The van der Waals surface area contributed by atoms with Crippen LogP contribution < -0.4 is 11.1 Å². The van der Waals surface area contributed by atoms with Crippen molar-refractivity contribution < 1.29 is 9.53 Å². The topological polar surface area (TPSA) is 64.3 Å². The van der Waals surface area contributed by atoms with E-state index in [1.54, 1.807) is 0 Å². The molecule has 0 aliphatic rings. The van der Waals surface area contributed by atoms with Gasteiger partial charge < -0.3 is 15.8 Å². The highest BCUT2D eigenvalue weighted by molar-refractivity contribution is 5.67. The number of rotatable bonds is 5. The largest absolute Gasteiger partial charge is 0.445 e. The third kappa shape index (κ3) is 5.69. The predicted molar refractivity (Wildman–Crippen MR) is 96.4 cm³/mol. The lowest BCUT2D eigenvalue weighted by molar-refractivity contribution is 0.140. The van der Waals surface area contributed by atoms with Crippen LogP contribution in [-0.4, -0.2) is 12.6 Å². The molecule has 0 atom stereocenters. The van der Waals surface area contributed by atoms with Crippen LogP contribution in [0.25, 0.3) is 0 Å². The van der Waals surface area contributed by atoms with Crippen LogP contribution in [-0.2, 0) is 17.8 Å². The monoisotopic (exact) mass is 322 g/mol. The molecule has 0 unspecified atom stereocenters. The van der Waals surface area contributed by atoms with Gasteiger partial charge in [0.2, 0.25) is 0 Å². The lowest BCUT2D eigenvalue weighted by Gasteiger charge is -2.05. The summed E-state index contributed by atoms with van der Waals surface area (Å²) >= 11 is 0. The third-order valence-electron chi connectivity index (χ3n) is 3.49. The van der Waals surface area contributed by atoms with E-state index < -0.39 is 6.09 Å². The highest BCUT2D eigenvalue weighted by Crippen LogP contribution is 2.13. The van der Waals surface area contributed by atoms with E-state index in [2.05, 4.69) is 24.1 Å². The number of alkyl carbamates (subject to hydrolysis) is 1. The number of anilines is 1. The molecule has 1 amide bonds. The number of benzene rings is 2. The van der Waals surface area contributed by atoms with Crippen molar-refractivity contribution in [3.05, 3.63) is 65.2 Å². The zero-order valence-corrected chi connectivity index (χ0v) is 13.8. The fourth-order valence-corrected chi connectivity index (χ4v) is 2.16. The van der Waals surface area contributed by atoms with Crippen LogP contribution in [0.2, 0.25) is 0 Å². The Balaban J connectivity index is 1.70. The van der Waals surface area contributed by atoms with Gasteiger partial charge in [-0.15, -0.1) is 0 Å². The first-order valence-corrected chi connectivity index (χ1v) is 8.01. The molecule has 0 saturated heterocycles. The summed E-state index contributed by atoms with van der Waals surface area (Å²) in [5.41, 5.74) is 9.67. The molecule has 4 nitrogen and oxygen atoms in total. The van der Waals surface area contributed by atoms with E-state index in [0.717, 1.165) is 28.8 Å². The molecule has 0 aliphatic heterocycles. The van der Waals surface area contributed by atoms with Crippen LogP contribution in [0.1, 0.15) is 30.0 Å². The lowest BCUT2D eigenvalue weighted by atomic mass is 10.1. The smallest absolute Gasteiger partial charge is 0.407 e. The molecule has 0 aromatic heterocycles. The van der Waals surface area contributed by atoms with Gasteiger partial charge in [0.15, 0.2) is 0 Å². The van der Waals surface area contributed by atoms with Gasteiger partial charge in [0.1, 0.15) is 6.61 Å². The lowest BCUT2D eigenvalue weighted by Crippen LogP contribution is -2.24. The van der Waals surface area contributed by atoms with E-state index in [0.29, 0.717) is 13.0 Å². The Morgan fingerprint density at radius 3 is 2.75 bits per heavy atom. The predicted octanol–water partition coefficient (Wildman–Crippen LogP) is 3.50. The van der Waals surface area contributed by atoms with Gasteiger partial charge in [-0.25, -0.2) is 4.79 Å². The van der Waals surface area contributed by atoms with Crippen LogP contribution in [0.3, 0.4) is 0 Å². The second kappa shape index (κ2) is 9.26. The maximum Gasteiger partial charge on any atom is 0.407 e. The molecule has 2 aromatic carbocycles. The quantitative estimate of drug-likeness (QED) is 0.503. The molecule has 0 bridgehead atoms. The number of hydrogen-bond acceptors (Lipinski definition) is 3. The first kappa shape index (κ1) is 17.4. The molecular weight excluding hydrogens is 300 g/mol. The SMILES string of the molecule is CCc1cc(C#CCCNC(=O)OCc2ccccc2)ccc1N. The molecule has 0 saturated carbocycles. The summed E-state index contributed by atoms with van der Waals surface area (Å²) < 4.78 is 5.12. The third-order valence-corrected chi connectivity index (χ3v) is 3.49. The van der Waals surface area contributed by atoms with Crippen LogP contribution in [0.5, 0.6) is 0 Å². The van der Waals surface area contributed by atoms with Gasteiger partial charge in [0.25, 0.3) is 0 Å². The fourth-order valence-electron chi connectivity index (χ4n) is 2.16. The van der Waals surface area contributed by atoms with Crippen molar-refractivity contribution in [1.82, 2.24) is 5.32 Å². The number of ether oxygens (including phenoxy) is 1. The number of nitrogens with one attached hydrogen (secondary N) is 1. The van der Waals surface area contributed by atoms with Gasteiger partial charge in [-0.3, -0.25) is 0 Å². The molecule has 24 heavy (non-hydrogen) atoms. The van der Waals surface area contributed by atoms with Crippen molar-refractivity contribution in [3.8, 4) is 11.8 Å². The summed E-state index contributed by atoms with van der Waals surface area (Å²) in [6.45, 7) is 2.79. The second-order valence-corrected chi connectivity index (χ2v) is 5.31. The zero-order valence-electron chi connectivity index (χ0n) is 13.8. The van der Waals surface area contributed by atoms with Crippen LogP contribution in [0, 0.1) is 11.8 Å². The summed E-state index contributed by atoms with van der Waals surface area (Å²) in [6, 6.07) is 15.4. The highest BCUT2D eigenvalue weighted by atomic mass is 16.5. The average Bonchev–Trinajstić information content (AvgIpc) is 2.62. The maximum absolute atomic E-state index is 11.6. The first-order valence-electron chi connectivity index (χ1n) is 8.01. The van der Waals surface area contributed by atoms with Crippen LogP contribution in [0.15, 0.2) is 48.5 Å². The van der Waals surface area contributed by atoms with E-state index in [1.807, 2.05) is 48.5 Å². The number of nitrogen functional groups attached to an aromatic ring is 1. The van der Waals surface area contributed by atoms with Crippen molar-refractivity contribution in [1.29, 1.82) is 0 Å². The number of carbonyl (C=O) groups excluding carboxylic acids is 1. The Hall–Kier alpha value is -2.93. The van der Waals surface area contributed by atoms with Crippen LogP contribution >= 0.6 is 0 Å². The van der Waals surface area contributed by atoms with Crippen LogP contribution in [0.4, 0.5) is 10.5 Å². The summed E-state index contributed by atoms with van der Waals surface area (Å²) in [7, 11) is 0. The minimum Gasteiger partial charge on any atom is -0.445 e. The average molecular weight is 322 g/mol. The first-order chi connectivity index (χ1) is 11.7. The Morgan fingerprint density at radius 2 is 2.00 bits per heavy atom. The number of nitrogens with two attached hydrogens (primary N) is 1. The maximum atomic E-state index is 11.6. The summed E-state index contributed by atoms with van der Waals surface area (Å²) in [5.74, 6) is 6.12. The minimum absolute atomic E-state index is 0.267. The van der Waals surface area contributed by atoms with Gasteiger partial charge >= 0.3 is 6.09 Å². The highest BCUT2D eigenvalue weighted by Gasteiger charge is 2.01. The molecule has 2 aromatic rings.